The third kappa shape index (κ3) is 2.14. The fourth-order valence-electron chi connectivity index (χ4n) is 1.61. The molecular formula is C9H17N. The van der Waals surface area contributed by atoms with Gasteiger partial charge in [-0.1, -0.05) is 12.2 Å². The summed E-state index contributed by atoms with van der Waals surface area (Å²) < 4.78 is 0. The minimum absolute atomic E-state index is 0.488. The van der Waals surface area contributed by atoms with Crippen LogP contribution in [0.25, 0.3) is 0 Å². The lowest BCUT2D eigenvalue weighted by Crippen LogP contribution is -2.25. The third-order valence-electron chi connectivity index (χ3n) is 2.28. The van der Waals surface area contributed by atoms with Crippen molar-refractivity contribution in [3.8, 4) is 0 Å². The minimum atomic E-state index is 0.488. The summed E-state index contributed by atoms with van der Waals surface area (Å²) in [5.41, 5.74) is 5.77. The zero-order chi connectivity index (χ0) is 7.40. The predicted octanol–water partition coefficient (Wildman–Crippen LogP) is 2.08. The number of nitrogens with two attached hydrogens (primary N) is 1. The van der Waals surface area contributed by atoms with E-state index in [1.807, 2.05) is 0 Å². The lowest BCUT2D eigenvalue weighted by molar-refractivity contribution is 0.375. The maximum Gasteiger partial charge on any atom is 0.00392 e. The van der Waals surface area contributed by atoms with Gasteiger partial charge in [-0.25, -0.2) is 0 Å². The zero-order valence-corrected chi connectivity index (χ0v) is 6.72. The molecule has 0 aliphatic heterocycles. The lowest BCUT2D eigenvalue weighted by atomic mass is 9.86. The first-order valence-corrected chi connectivity index (χ1v) is 4.21. The molecule has 1 saturated carbocycles. The molecule has 0 aromatic carbocycles. The molecule has 1 aliphatic carbocycles. The molecule has 0 heterocycles. The van der Waals surface area contributed by atoms with Crippen LogP contribution in [0.15, 0.2) is 12.2 Å². The summed E-state index contributed by atoms with van der Waals surface area (Å²) in [6.45, 7) is 2.09. The number of rotatable bonds is 1. The number of allylic oxidation sites excluding steroid dienone is 2. The lowest BCUT2D eigenvalue weighted by Gasteiger charge is -2.23. The summed E-state index contributed by atoms with van der Waals surface area (Å²) in [5, 5.41) is 0. The summed E-state index contributed by atoms with van der Waals surface area (Å²) in [6.07, 6.45) is 9.49. The summed E-state index contributed by atoms with van der Waals surface area (Å²) in [5.74, 6) is 0.824. The van der Waals surface area contributed by atoms with Gasteiger partial charge in [0.2, 0.25) is 0 Å². The van der Waals surface area contributed by atoms with Crippen LogP contribution in [0.2, 0.25) is 0 Å². The molecule has 1 fully saturated rings. The second-order valence-electron chi connectivity index (χ2n) is 3.20. The highest BCUT2D eigenvalue weighted by atomic mass is 14.6. The molecule has 1 aliphatic rings. The normalized spacial score (nSPS) is 35.0. The van der Waals surface area contributed by atoms with Crippen LogP contribution in [0.1, 0.15) is 32.6 Å². The van der Waals surface area contributed by atoms with Crippen molar-refractivity contribution >= 4 is 0 Å². The summed E-state index contributed by atoms with van der Waals surface area (Å²) in [4.78, 5) is 0. The van der Waals surface area contributed by atoms with Crippen molar-refractivity contribution in [2.45, 2.75) is 38.6 Å². The van der Waals surface area contributed by atoms with Gasteiger partial charge in [-0.3, -0.25) is 0 Å². The van der Waals surface area contributed by atoms with Crippen molar-refractivity contribution in [2.75, 3.05) is 0 Å². The Labute approximate surface area is 63.3 Å². The molecule has 0 unspecified atom stereocenters. The van der Waals surface area contributed by atoms with Gasteiger partial charge in [-0.2, -0.15) is 0 Å². The maximum absolute atomic E-state index is 5.77. The summed E-state index contributed by atoms with van der Waals surface area (Å²) in [7, 11) is 0. The van der Waals surface area contributed by atoms with Crippen LogP contribution in [0.3, 0.4) is 0 Å². The third-order valence-corrected chi connectivity index (χ3v) is 2.28. The van der Waals surface area contributed by atoms with Crippen molar-refractivity contribution in [1.82, 2.24) is 0 Å². The Hall–Kier alpha value is -0.300. The molecular weight excluding hydrogens is 122 g/mol. The Kier molecular flexibility index (Phi) is 2.94. The van der Waals surface area contributed by atoms with Crippen LogP contribution >= 0.6 is 0 Å². The number of hydrogen-bond acceptors (Lipinski definition) is 1. The SMILES string of the molecule is CC=CC1CCC(N)CC1. The molecule has 58 valence electrons. The molecule has 0 radical (unpaired) electrons. The van der Waals surface area contributed by atoms with Crippen molar-refractivity contribution in [3.63, 3.8) is 0 Å². The molecule has 1 rings (SSSR count). The Bertz CT molecular complexity index is 110. The molecule has 0 amide bonds. The summed E-state index contributed by atoms with van der Waals surface area (Å²) >= 11 is 0. The van der Waals surface area contributed by atoms with E-state index in [4.69, 9.17) is 5.73 Å². The van der Waals surface area contributed by atoms with Gasteiger partial charge in [-0.05, 0) is 38.5 Å². The van der Waals surface area contributed by atoms with Crippen molar-refractivity contribution in [3.05, 3.63) is 12.2 Å². The van der Waals surface area contributed by atoms with Gasteiger partial charge in [0.1, 0.15) is 0 Å². The fourth-order valence-corrected chi connectivity index (χ4v) is 1.61. The molecule has 1 nitrogen and oxygen atoms in total. The monoisotopic (exact) mass is 139 g/mol. The molecule has 0 spiro atoms. The Morgan fingerprint density at radius 1 is 1.20 bits per heavy atom. The van der Waals surface area contributed by atoms with Crippen LogP contribution in [0.4, 0.5) is 0 Å². The van der Waals surface area contributed by atoms with E-state index in [1.54, 1.807) is 0 Å². The van der Waals surface area contributed by atoms with E-state index >= 15 is 0 Å². The van der Waals surface area contributed by atoms with E-state index in [-0.39, 0.29) is 0 Å². The van der Waals surface area contributed by atoms with E-state index in [2.05, 4.69) is 19.1 Å². The maximum atomic E-state index is 5.77. The van der Waals surface area contributed by atoms with Crippen molar-refractivity contribution in [1.29, 1.82) is 0 Å². The molecule has 10 heavy (non-hydrogen) atoms. The van der Waals surface area contributed by atoms with Gasteiger partial charge >= 0.3 is 0 Å². The highest BCUT2D eigenvalue weighted by molar-refractivity contribution is 4.89. The topological polar surface area (TPSA) is 26.0 Å². The second kappa shape index (κ2) is 3.77. The average Bonchev–Trinajstić information content (AvgIpc) is 1.95. The highest BCUT2D eigenvalue weighted by Crippen LogP contribution is 2.23. The number of hydrogen-bond donors (Lipinski definition) is 1. The first kappa shape index (κ1) is 7.80. The van der Waals surface area contributed by atoms with Crippen molar-refractivity contribution < 1.29 is 0 Å². The van der Waals surface area contributed by atoms with Crippen LogP contribution in [0.5, 0.6) is 0 Å². The van der Waals surface area contributed by atoms with Gasteiger partial charge in [0.05, 0.1) is 0 Å². The average molecular weight is 139 g/mol. The van der Waals surface area contributed by atoms with Crippen LogP contribution in [-0.4, -0.2) is 6.04 Å². The zero-order valence-electron chi connectivity index (χ0n) is 6.72. The fraction of sp³-hybridized carbons (Fsp3) is 0.778. The second-order valence-corrected chi connectivity index (χ2v) is 3.20. The van der Waals surface area contributed by atoms with Crippen LogP contribution in [0, 0.1) is 5.92 Å². The Balaban J connectivity index is 2.26. The van der Waals surface area contributed by atoms with Gasteiger partial charge in [-0.15, -0.1) is 0 Å². The van der Waals surface area contributed by atoms with E-state index in [0.29, 0.717) is 6.04 Å². The van der Waals surface area contributed by atoms with Gasteiger partial charge in [0, 0.05) is 6.04 Å². The molecule has 1 heteroatoms. The van der Waals surface area contributed by atoms with Crippen molar-refractivity contribution in [2.24, 2.45) is 11.7 Å². The van der Waals surface area contributed by atoms with E-state index in [9.17, 15) is 0 Å². The molecule has 0 aromatic heterocycles. The molecule has 0 bridgehead atoms. The Morgan fingerprint density at radius 3 is 2.30 bits per heavy atom. The first-order chi connectivity index (χ1) is 4.83. The quantitative estimate of drug-likeness (QED) is 0.553. The smallest absolute Gasteiger partial charge is 0.00392 e. The molecule has 0 saturated heterocycles. The standard InChI is InChI=1S/C9H17N/c1-2-3-8-4-6-9(10)7-5-8/h2-3,8-9H,4-7,10H2,1H3. The van der Waals surface area contributed by atoms with Gasteiger partial charge < -0.3 is 5.73 Å². The first-order valence-electron chi connectivity index (χ1n) is 4.21. The molecule has 0 atom stereocenters. The van der Waals surface area contributed by atoms with Gasteiger partial charge in [0.15, 0.2) is 0 Å². The van der Waals surface area contributed by atoms with Crippen LogP contribution < -0.4 is 5.73 Å². The molecule has 0 aromatic rings. The van der Waals surface area contributed by atoms with Gasteiger partial charge in [0.25, 0.3) is 0 Å². The van der Waals surface area contributed by atoms with E-state index in [0.717, 1.165) is 5.92 Å². The van der Waals surface area contributed by atoms with E-state index in [1.165, 1.54) is 25.7 Å². The highest BCUT2D eigenvalue weighted by Gasteiger charge is 2.15. The Morgan fingerprint density at radius 2 is 1.80 bits per heavy atom. The largest absolute Gasteiger partial charge is 0.328 e. The molecule has 2 N–H and O–H groups in total. The van der Waals surface area contributed by atoms with Crippen LogP contribution in [-0.2, 0) is 0 Å². The minimum Gasteiger partial charge on any atom is -0.328 e. The predicted molar refractivity (Wildman–Crippen MR) is 44.7 cm³/mol. The van der Waals surface area contributed by atoms with E-state index < -0.39 is 0 Å². The summed E-state index contributed by atoms with van der Waals surface area (Å²) in [6, 6.07) is 0.488.